The largest absolute Gasteiger partial charge is 0.490 e. The van der Waals surface area contributed by atoms with E-state index in [1.54, 1.807) is 25.1 Å². The number of methoxy groups -OCH3 is 1. The maximum atomic E-state index is 11.9. The Kier molecular flexibility index (Phi) is 5.91. The van der Waals surface area contributed by atoms with Gasteiger partial charge in [-0.1, -0.05) is 29.3 Å². The Bertz CT molecular complexity index is 654. The zero-order valence-electron chi connectivity index (χ0n) is 12.7. The maximum Gasteiger partial charge on any atom is 0.374 e. The van der Waals surface area contributed by atoms with Crippen molar-refractivity contribution in [1.82, 2.24) is 0 Å². The number of esters is 2. The summed E-state index contributed by atoms with van der Waals surface area (Å²) in [5, 5.41) is 0.763. The lowest BCUT2D eigenvalue weighted by Crippen LogP contribution is -2.14. The summed E-state index contributed by atoms with van der Waals surface area (Å²) in [7, 11) is 1.39. The second-order valence-electron chi connectivity index (χ2n) is 4.81. The van der Waals surface area contributed by atoms with Crippen LogP contribution in [0.1, 0.15) is 25.3 Å². The molecule has 0 amide bonds. The monoisotopic (exact) mass is 358 g/mol. The highest BCUT2D eigenvalue weighted by molar-refractivity contribution is 6.42. The third-order valence-corrected chi connectivity index (χ3v) is 4.09. The van der Waals surface area contributed by atoms with E-state index < -0.39 is 12.1 Å². The van der Waals surface area contributed by atoms with Crippen LogP contribution in [0.5, 0.6) is 0 Å². The number of ether oxygens (including phenoxy) is 3. The minimum atomic E-state index is -0.598. The molecule has 2 rings (SSSR count). The van der Waals surface area contributed by atoms with E-state index in [9.17, 15) is 9.59 Å². The molecular weight excluding hydrogens is 343 g/mol. The standard InChI is InChI=1S/C16H16Cl2O5/c1-3-22-13(19)7-6-12-14(15(21-2)16(20)23-12)9-4-5-10(17)11(18)8-9/h4-5,8,12H,3,6-7H2,1-2H3. The van der Waals surface area contributed by atoms with E-state index in [0.29, 0.717) is 34.2 Å². The Balaban J connectivity index is 2.29. The summed E-state index contributed by atoms with van der Waals surface area (Å²) in [6.07, 6.45) is -0.167. The van der Waals surface area contributed by atoms with Crippen molar-refractivity contribution in [2.45, 2.75) is 25.9 Å². The highest BCUT2D eigenvalue weighted by Crippen LogP contribution is 2.36. The van der Waals surface area contributed by atoms with E-state index >= 15 is 0 Å². The van der Waals surface area contributed by atoms with Crippen molar-refractivity contribution in [2.75, 3.05) is 13.7 Å². The molecule has 1 unspecified atom stereocenters. The first-order valence-corrected chi connectivity index (χ1v) is 7.83. The smallest absolute Gasteiger partial charge is 0.374 e. The molecule has 1 heterocycles. The van der Waals surface area contributed by atoms with Crippen LogP contribution in [0.3, 0.4) is 0 Å². The van der Waals surface area contributed by atoms with Crippen molar-refractivity contribution in [3.8, 4) is 0 Å². The maximum absolute atomic E-state index is 11.9. The van der Waals surface area contributed by atoms with Crippen LogP contribution in [-0.2, 0) is 23.8 Å². The van der Waals surface area contributed by atoms with Crippen LogP contribution < -0.4 is 0 Å². The van der Waals surface area contributed by atoms with Crippen LogP contribution in [0.15, 0.2) is 24.0 Å². The quantitative estimate of drug-likeness (QED) is 0.726. The Hall–Kier alpha value is -1.72. The van der Waals surface area contributed by atoms with Crippen molar-refractivity contribution in [3.05, 3.63) is 39.6 Å². The van der Waals surface area contributed by atoms with Gasteiger partial charge in [0.05, 0.1) is 23.8 Å². The van der Waals surface area contributed by atoms with Crippen LogP contribution in [0.2, 0.25) is 10.0 Å². The number of halogens is 2. The molecule has 0 radical (unpaired) electrons. The summed E-state index contributed by atoms with van der Waals surface area (Å²) in [5.74, 6) is -0.803. The molecule has 0 fully saturated rings. The average molecular weight is 359 g/mol. The molecule has 5 nitrogen and oxygen atoms in total. The van der Waals surface area contributed by atoms with Crippen molar-refractivity contribution in [2.24, 2.45) is 0 Å². The van der Waals surface area contributed by atoms with Gasteiger partial charge in [-0.2, -0.15) is 0 Å². The predicted octanol–water partition coefficient (Wildman–Crippen LogP) is 3.62. The summed E-state index contributed by atoms with van der Waals surface area (Å²) < 4.78 is 15.4. The lowest BCUT2D eigenvalue weighted by molar-refractivity contribution is -0.147. The third-order valence-electron chi connectivity index (χ3n) is 3.35. The molecule has 124 valence electrons. The lowest BCUT2D eigenvalue weighted by atomic mass is 9.97. The second-order valence-corrected chi connectivity index (χ2v) is 5.63. The Morgan fingerprint density at radius 1 is 1.30 bits per heavy atom. The van der Waals surface area contributed by atoms with Gasteiger partial charge in [-0.05, 0) is 31.0 Å². The molecule has 0 saturated heterocycles. The van der Waals surface area contributed by atoms with Gasteiger partial charge in [-0.25, -0.2) is 4.79 Å². The Morgan fingerprint density at radius 3 is 2.65 bits per heavy atom. The molecule has 1 aliphatic heterocycles. The van der Waals surface area contributed by atoms with Gasteiger partial charge in [0.2, 0.25) is 5.76 Å². The highest BCUT2D eigenvalue weighted by atomic mass is 35.5. The van der Waals surface area contributed by atoms with E-state index in [1.807, 2.05) is 0 Å². The van der Waals surface area contributed by atoms with Crippen LogP contribution in [-0.4, -0.2) is 31.8 Å². The van der Waals surface area contributed by atoms with Crippen molar-refractivity contribution in [1.29, 1.82) is 0 Å². The van der Waals surface area contributed by atoms with E-state index in [1.165, 1.54) is 7.11 Å². The fourth-order valence-electron chi connectivity index (χ4n) is 2.36. The summed E-state index contributed by atoms with van der Waals surface area (Å²) in [4.78, 5) is 23.5. The first-order valence-electron chi connectivity index (χ1n) is 7.08. The van der Waals surface area contributed by atoms with Gasteiger partial charge in [0.25, 0.3) is 0 Å². The zero-order chi connectivity index (χ0) is 17.0. The number of carbonyl (C=O) groups excluding carboxylic acids is 2. The number of benzene rings is 1. The number of hydrogen-bond acceptors (Lipinski definition) is 5. The highest BCUT2D eigenvalue weighted by Gasteiger charge is 2.36. The van der Waals surface area contributed by atoms with Crippen LogP contribution >= 0.6 is 23.2 Å². The fourth-order valence-corrected chi connectivity index (χ4v) is 2.66. The molecule has 0 aromatic heterocycles. The van der Waals surface area contributed by atoms with E-state index in [-0.39, 0.29) is 18.1 Å². The average Bonchev–Trinajstić information content (AvgIpc) is 2.84. The van der Waals surface area contributed by atoms with Crippen LogP contribution in [0, 0.1) is 0 Å². The molecule has 0 saturated carbocycles. The van der Waals surface area contributed by atoms with Gasteiger partial charge in [-0.15, -0.1) is 0 Å². The molecule has 0 spiro atoms. The normalized spacial score (nSPS) is 17.2. The van der Waals surface area contributed by atoms with Crippen LogP contribution in [0.4, 0.5) is 0 Å². The molecule has 0 bridgehead atoms. The third kappa shape index (κ3) is 3.98. The molecule has 1 aromatic carbocycles. The molecule has 7 heteroatoms. The minimum absolute atomic E-state index is 0.109. The fraction of sp³-hybridized carbons (Fsp3) is 0.375. The molecule has 0 aliphatic carbocycles. The molecule has 1 aliphatic rings. The number of hydrogen-bond donors (Lipinski definition) is 0. The first-order chi connectivity index (χ1) is 11.0. The van der Waals surface area contributed by atoms with Gasteiger partial charge >= 0.3 is 11.9 Å². The van der Waals surface area contributed by atoms with Crippen LogP contribution in [0.25, 0.3) is 5.57 Å². The van der Waals surface area contributed by atoms with Gasteiger partial charge in [0, 0.05) is 12.0 Å². The molecule has 1 atom stereocenters. The minimum Gasteiger partial charge on any atom is -0.490 e. The van der Waals surface area contributed by atoms with Gasteiger partial charge < -0.3 is 14.2 Å². The summed E-state index contributed by atoms with van der Waals surface area (Å²) in [6, 6.07) is 4.99. The number of rotatable bonds is 6. The number of cyclic esters (lactones) is 1. The Labute approximate surface area is 144 Å². The van der Waals surface area contributed by atoms with Crippen molar-refractivity contribution >= 4 is 40.7 Å². The second kappa shape index (κ2) is 7.70. The van der Waals surface area contributed by atoms with Gasteiger partial charge in [-0.3, -0.25) is 4.79 Å². The molecule has 23 heavy (non-hydrogen) atoms. The van der Waals surface area contributed by atoms with E-state index in [0.717, 1.165) is 0 Å². The summed E-state index contributed by atoms with van der Waals surface area (Å²) >= 11 is 12.0. The Morgan fingerprint density at radius 2 is 2.04 bits per heavy atom. The topological polar surface area (TPSA) is 61.8 Å². The van der Waals surface area contributed by atoms with Crippen molar-refractivity contribution in [3.63, 3.8) is 0 Å². The summed E-state index contributed by atoms with van der Waals surface area (Å²) in [6.45, 7) is 2.04. The molecule has 1 aromatic rings. The predicted molar refractivity (Wildman–Crippen MR) is 86.1 cm³/mol. The van der Waals surface area contributed by atoms with Crippen molar-refractivity contribution < 1.29 is 23.8 Å². The zero-order valence-corrected chi connectivity index (χ0v) is 14.2. The molecule has 0 N–H and O–H groups in total. The molecular formula is C16H16Cl2O5. The SMILES string of the molecule is CCOC(=O)CCC1OC(=O)C(OC)=C1c1ccc(Cl)c(Cl)c1. The van der Waals surface area contributed by atoms with Gasteiger partial charge in [0.15, 0.2) is 0 Å². The first kappa shape index (κ1) is 17.6. The number of carbonyl (C=O) groups is 2. The van der Waals surface area contributed by atoms with Gasteiger partial charge in [0.1, 0.15) is 6.10 Å². The lowest BCUT2D eigenvalue weighted by Gasteiger charge is -2.14. The van der Waals surface area contributed by atoms with E-state index in [2.05, 4.69) is 0 Å². The van der Waals surface area contributed by atoms with E-state index in [4.69, 9.17) is 37.4 Å². The summed E-state index contributed by atoms with van der Waals surface area (Å²) in [5.41, 5.74) is 1.22.